The number of benzene rings is 3. The lowest BCUT2D eigenvalue weighted by Gasteiger charge is -2.39. The van der Waals surface area contributed by atoms with Crippen molar-refractivity contribution in [3.63, 3.8) is 0 Å². The molecule has 43 heavy (non-hydrogen) atoms. The van der Waals surface area contributed by atoms with E-state index in [-0.39, 0.29) is 23.7 Å². The van der Waals surface area contributed by atoms with Gasteiger partial charge < -0.3 is 19.4 Å². The van der Waals surface area contributed by atoms with Gasteiger partial charge in [-0.2, -0.15) is 0 Å². The van der Waals surface area contributed by atoms with Crippen LogP contribution < -0.4 is 4.74 Å². The first-order valence-corrected chi connectivity index (χ1v) is 15.9. The Morgan fingerprint density at radius 3 is 2.21 bits per heavy atom. The Morgan fingerprint density at radius 1 is 0.884 bits per heavy atom. The van der Waals surface area contributed by atoms with Crippen molar-refractivity contribution in [1.82, 2.24) is 14.7 Å². The molecular weight excluding hydrogens is 626 g/mol. The van der Waals surface area contributed by atoms with E-state index in [1.54, 1.807) is 7.11 Å². The molecule has 0 aromatic heterocycles. The van der Waals surface area contributed by atoms with Crippen LogP contribution in [0.3, 0.4) is 0 Å². The van der Waals surface area contributed by atoms with Gasteiger partial charge in [0.2, 0.25) is 11.8 Å². The van der Waals surface area contributed by atoms with Crippen LogP contribution in [0.1, 0.15) is 41.9 Å². The molecule has 0 aliphatic carbocycles. The van der Waals surface area contributed by atoms with E-state index in [9.17, 15) is 9.59 Å². The maximum atomic E-state index is 13.6. The van der Waals surface area contributed by atoms with Gasteiger partial charge in [0.25, 0.3) is 0 Å². The quantitative estimate of drug-likeness (QED) is 0.288. The van der Waals surface area contributed by atoms with E-state index in [2.05, 4.69) is 73.1 Å². The van der Waals surface area contributed by atoms with Crippen molar-refractivity contribution in [2.45, 2.75) is 38.1 Å². The molecule has 3 heterocycles. The van der Waals surface area contributed by atoms with Crippen LogP contribution in [0.2, 0.25) is 0 Å². The van der Waals surface area contributed by atoms with Crippen molar-refractivity contribution in [2.75, 3.05) is 46.4 Å². The van der Waals surface area contributed by atoms with E-state index in [0.717, 1.165) is 74.3 Å². The molecular formula is C35H41BrClN3O3. The molecule has 8 heteroatoms. The summed E-state index contributed by atoms with van der Waals surface area (Å²) in [5.41, 5.74) is 3.30. The molecule has 0 saturated carbocycles. The molecule has 3 fully saturated rings. The summed E-state index contributed by atoms with van der Waals surface area (Å²) in [7, 11) is 1.65. The van der Waals surface area contributed by atoms with Crippen LogP contribution in [0.15, 0.2) is 83.3 Å². The Balaban J connectivity index is 0.00000368. The minimum Gasteiger partial charge on any atom is -0.497 e. The SMILES string of the molecule is COc1ccc(CC(=O)N2CC(CN3CCC4(CC3)CCN(Cc3ccc(Br)cc3)C4=O)C(c3ccccc3)C2)cc1.Cl. The summed E-state index contributed by atoms with van der Waals surface area (Å²) < 4.78 is 6.33. The van der Waals surface area contributed by atoms with Gasteiger partial charge in [-0.25, -0.2) is 0 Å². The second-order valence-electron chi connectivity index (χ2n) is 12.3. The van der Waals surface area contributed by atoms with Crippen LogP contribution >= 0.6 is 28.3 Å². The highest BCUT2D eigenvalue weighted by atomic mass is 79.9. The summed E-state index contributed by atoms with van der Waals surface area (Å²) in [4.78, 5) is 33.7. The topological polar surface area (TPSA) is 53.1 Å². The van der Waals surface area contributed by atoms with Gasteiger partial charge in [-0.1, -0.05) is 70.5 Å². The predicted molar refractivity (Wildman–Crippen MR) is 175 cm³/mol. The van der Waals surface area contributed by atoms with Gasteiger partial charge in [-0.05, 0) is 79.2 Å². The zero-order valence-corrected chi connectivity index (χ0v) is 27.2. The van der Waals surface area contributed by atoms with Gasteiger partial charge in [0.15, 0.2) is 0 Å². The molecule has 0 N–H and O–H groups in total. The molecule has 228 valence electrons. The van der Waals surface area contributed by atoms with Crippen LogP contribution in [0, 0.1) is 11.3 Å². The first-order valence-electron chi connectivity index (χ1n) is 15.1. The Kier molecular flexibility index (Phi) is 10.2. The molecule has 2 amide bonds. The van der Waals surface area contributed by atoms with Crippen LogP contribution in [0.25, 0.3) is 0 Å². The number of hydrogen-bond acceptors (Lipinski definition) is 4. The van der Waals surface area contributed by atoms with Gasteiger partial charge >= 0.3 is 0 Å². The monoisotopic (exact) mass is 665 g/mol. The van der Waals surface area contributed by atoms with E-state index in [0.29, 0.717) is 30.7 Å². The number of piperidine rings is 1. The molecule has 0 bridgehead atoms. The minimum atomic E-state index is -0.208. The van der Waals surface area contributed by atoms with E-state index < -0.39 is 0 Å². The maximum Gasteiger partial charge on any atom is 0.229 e. The number of rotatable bonds is 8. The summed E-state index contributed by atoms with van der Waals surface area (Å²) >= 11 is 3.50. The highest BCUT2D eigenvalue weighted by Gasteiger charge is 2.48. The molecule has 1 spiro atoms. The van der Waals surface area contributed by atoms with Gasteiger partial charge in [0.05, 0.1) is 18.9 Å². The lowest BCUT2D eigenvalue weighted by Crippen LogP contribution is -2.46. The van der Waals surface area contributed by atoms with Crippen molar-refractivity contribution >= 4 is 40.2 Å². The van der Waals surface area contributed by atoms with Crippen LogP contribution in [0.4, 0.5) is 0 Å². The van der Waals surface area contributed by atoms with Crippen molar-refractivity contribution in [3.05, 3.63) is 100 Å². The third-order valence-corrected chi connectivity index (χ3v) is 10.3. The van der Waals surface area contributed by atoms with E-state index in [1.165, 1.54) is 11.1 Å². The summed E-state index contributed by atoms with van der Waals surface area (Å²) in [5, 5.41) is 0. The predicted octanol–water partition coefficient (Wildman–Crippen LogP) is 6.18. The lowest BCUT2D eigenvalue weighted by atomic mass is 9.76. The van der Waals surface area contributed by atoms with E-state index in [1.807, 2.05) is 36.4 Å². The number of ether oxygens (including phenoxy) is 1. The summed E-state index contributed by atoms with van der Waals surface area (Å²) in [6.45, 7) is 5.91. The number of hydrogen-bond donors (Lipinski definition) is 0. The van der Waals surface area contributed by atoms with Gasteiger partial charge in [-0.3, -0.25) is 9.59 Å². The van der Waals surface area contributed by atoms with Crippen LogP contribution in [-0.4, -0.2) is 72.9 Å². The normalized spacial score (nSPS) is 21.7. The first-order chi connectivity index (χ1) is 20.4. The molecule has 3 aliphatic rings. The number of carbonyl (C=O) groups excluding carboxylic acids is 2. The highest BCUT2D eigenvalue weighted by Crippen LogP contribution is 2.43. The van der Waals surface area contributed by atoms with E-state index >= 15 is 0 Å². The molecule has 3 aromatic carbocycles. The van der Waals surface area contributed by atoms with E-state index in [4.69, 9.17) is 4.74 Å². The fourth-order valence-corrected chi connectivity index (χ4v) is 7.44. The smallest absolute Gasteiger partial charge is 0.229 e. The largest absolute Gasteiger partial charge is 0.497 e. The number of carbonyl (C=O) groups is 2. The van der Waals surface area contributed by atoms with Crippen molar-refractivity contribution in [1.29, 1.82) is 0 Å². The number of nitrogens with zero attached hydrogens (tertiary/aromatic N) is 3. The Bertz CT molecular complexity index is 1380. The lowest BCUT2D eigenvalue weighted by molar-refractivity contribution is -0.139. The average Bonchev–Trinajstić information content (AvgIpc) is 3.57. The molecule has 3 saturated heterocycles. The minimum absolute atomic E-state index is 0. The summed E-state index contributed by atoms with van der Waals surface area (Å²) in [5.74, 6) is 2.01. The average molecular weight is 667 g/mol. The molecule has 0 radical (unpaired) electrons. The zero-order valence-electron chi connectivity index (χ0n) is 24.8. The Labute approximate surface area is 269 Å². The standard InChI is InChI=1S/C35H40BrN3O3.ClH/c1-42-31-13-9-26(10-14-31)21-33(40)39-24-29(32(25-39)28-5-3-2-4-6-28)23-37-18-15-35(16-19-37)17-20-38(34(35)41)22-27-7-11-30(36)12-8-27;/h2-14,29,32H,15-25H2,1H3;1H. The first kappa shape index (κ1) is 31.6. The fraction of sp³-hybridized carbons (Fsp3) is 0.429. The fourth-order valence-electron chi connectivity index (χ4n) is 7.18. The maximum absolute atomic E-state index is 13.6. The zero-order chi connectivity index (χ0) is 29.1. The Morgan fingerprint density at radius 2 is 1.53 bits per heavy atom. The number of halogens is 2. The summed E-state index contributed by atoms with van der Waals surface area (Å²) in [6, 6.07) is 26.8. The van der Waals surface area contributed by atoms with Crippen molar-refractivity contribution in [3.8, 4) is 5.75 Å². The van der Waals surface area contributed by atoms with Crippen molar-refractivity contribution in [2.24, 2.45) is 11.3 Å². The number of methoxy groups -OCH3 is 1. The van der Waals surface area contributed by atoms with Gasteiger partial charge in [0, 0.05) is 43.1 Å². The molecule has 2 atom stereocenters. The molecule has 6 rings (SSSR count). The third-order valence-electron chi connectivity index (χ3n) is 9.73. The third kappa shape index (κ3) is 7.11. The van der Waals surface area contributed by atoms with Gasteiger partial charge in [-0.15, -0.1) is 12.4 Å². The molecule has 3 aliphatic heterocycles. The number of amides is 2. The molecule has 2 unspecified atom stereocenters. The van der Waals surface area contributed by atoms with Gasteiger partial charge in [0.1, 0.15) is 5.75 Å². The van der Waals surface area contributed by atoms with Crippen molar-refractivity contribution < 1.29 is 14.3 Å². The second kappa shape index (κ2) is 13.8. The second-order valence-corrected chi connectivity index (χ2v) is 13.2. The van der Waals surface area contributed by atoms with Crippen LogP contribution in [-0.2, 0) is 22.6 Å². The molecule has 6 nitrogen and oxygen atoms in total. The summed E-state index contributed by atoms with van der Waals surface area (Å²) in [6.07, 6.45) is 3.21. The Hall–Kier alpha value is -2.87. The van der Waals surface area contributed by atoms with Crippen LogP contribution in [0.5, 0.6) is 5.75 Å². The number of likely N-dealkylation sites (tertiary alicyclic amines) is 3. The highest BCUT2D eigenvalue weighted by molar-refractivity contribution is 9.10. The molecule has 3 aromatic rings.